The molecular formula is C24H27N3O4S. The summed E-state index contributed by atoms with van der Waals surface area (Å²) in [5.41, 5.74) is 7.55. The number of carbonyl (C=O) groups is 2. The summed E-state index contributed by atoms with van der Waals surface area (Å²) in [6, 6.07) is 15.2. The summed E-state index contributed by atoms with van der Waals surface area (Å²) >= 11 is 1.45. The SMILES string of the molecule is COc1ccc(-c2nc(CC(=O)NNC(=O)COc3ccc(C(C)(C)C)cc3)cs2)cc1. The third-order valence-corrected chi connectivity index (χ3v) is 5.60. The van der Waals surface area contributed by atoms with Crippen LogP contribution in [0.4, 0.5) is 0 Å². The normalized spacial score (nSPS) is 11.0. The Morgan fingerprint density at radius 2 is 1.56 bits per heavy atom. The van der Waals surface area contributed by atoms with Crippen molar-refractivity contribution in [3.63, 3.8) is 0 Å². The zero-order chi connectivity index (χ0) is 23.1. The van der Waals surface area contributed by atoms with Crippen LogP contribution >= 0.6 is 11.3 Å². The summed E-state index contributed by atoms with van der Waals surface area (Å²) in [7, 11) is 1.62. The van der Waals surface area contributed by atoms with Gasteiger partial charge in [0.05, 0.1) is 19.2 Å². The molecule has 0 saturated carbocycles. The van der Waals surface area contributed by atoms with Gasteiger partial charge in [0.1, 0.15) is 16.5 Å². The van der Waals surface area contributed by atoms with E-state index in [0.29, 0.717) is 11.4 Å². The van der Waals surface area contributed by atoms with Gasteiger partial charge < -0.3 is 9.47 Å². The van der Waals surface area contributed by atoms with Crippen molar-refractivity contribution in [2.45, 2.75) is 32.6 Å². The summed E-state index contributed by atoms with van der Waals surface area (Å²) in [6.45, 7) is 6.19. The van der Waals surface area contributed by atoms with Gasteiger partial charge in [0.25, 0.3) is 5.91 Å². The highest BCUT2D eigenvalue weighted by Crippen LogP contribution is 2.26. The first-order chi connectivity index (χ1) is 15.2. The minimum absolute atomic E-state index is 0.0485. The Bertz CT molecular complexity index is 1050. The molecule has 2 aromatic carbocycles. The summed E-state index contributed by atoms with van der Waals surface area (Å²) in [5.74, 6) is 0.550. The number of hydrogen-bond acceptors (Lipinski definition) is 6. The molecule has 0 aliphatic rings. The molecule has 3 aromatic rings. The quantitative estimate of drug-likeness (QED) is 0.530. The number of nitrogens with zero attached hydrogens (tertiary/aromatic N) is 1. The van der Waals surface area contributed by atoms with Crippen LogP contribution < -0.4 is 20.3 Å². The fourth-order valence-electron chi connectivity index (χ4n) is 2.84. The van der Waals surface area contributed by atoms with Crippen molar-refractivity contribution in [3.8, 4) is 22.1 Å². The van der Waals surface area contributed by atoms with Crippen LogP contribution in [-0.4, -0.2) is 30.5 Å². The summed E-state index contributed by atoms with van der Waals surface area (Å²) in [4.78, 5) is 28.6. The van der Waals surface area contributed by atoms with Crippen molar-refractivity contribution < 1.29 is 19.1 Å². The number of nitrogens with one attached hydrogen (secondary N) is 2. The Hall–Kier alpha value is -3.39. The number of ether oxygens (including phenoxy) is 2. The number of amides is 2. The average molecular weight is 454 g/mol. The molecule has 0 radical (unpaired) electrons. The van der Waals surface area contributed by atoms with Gasteiger partial charge in [0.2, 0.25) is 5.91 Å². The first-order valence-corrected chi connectivity index (χ1v) is 11.0. The lowest BCUT2D eigenvalue weighted by atomic mass is 9.87. The molecule has 2 amide bonds. The standard InChI is InChI=1S/C24H27N3O4S/c1-24(2,3)17-7-11-20(12-8-17)31-14-22(29)27-26-21(28)13-18-15-32-23(25-18)16-5-9-19(30-4)10-6-16/h5-12,15H,13-14H2,1-4H3,(H,26,28)(H,27,29). The second-order valence-corrected chi connectivity index (χ2v) is 9.07. The fourth-order valence-corrected chi connectivity index (χ4v) is 3.66. The Kier molecular flexibility index (Phi) is 7.48. The van der Waals surface area contributed by atoms with E-state index in [1.165, 1.54) is 16.9 Å². The number of rotatable bonds is 7. The number of thiazole rings is 1. The highest BCUT2D eigenvalue weighted by Gasteiger charge is 2.14. The molecule has 0 unspecified atom stereocenters. The third-order valence-electron chi connectivity index (χ3n) is 4.66. The highest BCUT2D eigenvalue weighted by atomic mass is 32.1. The zero-order valence-corrected chi connectivity index (χ0v) is 19.4. The van der Waals surface area contributed by atoms with Crippen molar-refractivity contribution in [1.29, 1.82) is 0 Å². The molecule has 0 atom stereocenters. The van der Waals surface area contributed by atoms with Gasteiger partial charge in [-0.05, 0) is 47.4 Å². The fraction of sp³-hybridized carbons (Fsp3) is 0.292. The van der Waals surface area contributed by atoms with Crippen LogP contribution in [0.5, 0.6) is 11.5 Å². The average Bonchev–Trinajstić information content (AvgIpc) is 3.24. The van der Waals surface area contributed by atoms with Gasteiger partial charge in [-0.2, -0.15) is 0 Å². The number of carbonyl (C=O) groups excluding carboxylic acids is 2. The third kappa shape index (κ3) is 6.55. The number of aromatic nitrogens is 1. The Morgan fingerprint density at radius 3 is 2.19 bits per heavy atom. The maximum absolute atomic E-state index is 12.1. The second-order valence-electron chi connectivity index (χ2n) is 8.21. The van der Waals surface area contributed by atoms with Crippen molar-refractivity contribution >= 4 is 23.2 Å². The van der Waals surface area contributed by atoms with Crippen LogP contribution in [0.15, 0.2) is 53.9 Å². The smallest absolute Gasteiger partial charge is 0.276 e. The van der Waals surface area contributed by atoms with Gasteiger partial charge >= 0.3 is 0 Å². The van der Waals surface area contributed by atoms with Crippen molar-refractivity contribution in [3.05, 3.63) is 65.2 Å². The summed E-state index contributed by atoms with van der Waals surface area (Å²) < 4.78 is 10.6. The van der Waals surface area contributed by atoms with E-state index in [-0.39, 0.29) is 24.3 Å². The number of methoxy groups -OCH3 is 1. The molecule has 7 nitrogen and oxygen atoms in total. The molecule has 168 valence electrons. The van der Waals surface area contributed by atoms with Crippen LogP contribution in [0.25, 0.3) is 10.6 Å². The van der Waals surface area contributed by atoms with Gasteiger partial charge in [-0.3, -0.25) is 20.4 Å². The Morgan fingerprint density at radius 1 is 0.938 bits per heavy atom. The monoisotopic (exact) mass is 453 g/mol. The van der Waals surface area contributed by atoms with Crippen LogP contribution in [0.1, 0.15) is 32.0 Å². The van der Waals surface area contributed by atoms with Crippen LogP contribution in [-0.2, 0) is 21.4 Å². The maximum atomic E-state index is 12.1. The van der Waals surface area contributed by atoms with E-state index in [1.807, 2.05) is 53.9 Å². The van der Waals surface area contributed by atoms with Gasteiger partial charge in [0.15, 0.2) is 6.61 Å². The van der Waals surface area contributed by atoms with E-state index < -0.39 is 5.91 Å². The minimum Gasteiger partial charge on any atom is -0.497 e. The van der Waals surface area contributed by atoms with E-state index >= 15 is 0 Å². The predicted molar refractivity (Wildman–Crippen MR) is 125 cm³/mol. The lowest BCUT2D eigenvalue weighted by molar-refractivity contribution is -0.129. The van der Waals surface area contributed by atoms with Crippen molar-refractivity contribution in [2.75, 3.05) is 13.7 Å². The van der Waals surface area contributed by atoms with Crippen molar-refractivity contribution in [2.24, 2.45) is 0 Å². The number of benzene rings is 2. The molecule has 0 fully saturated rings. The summed E-state index contributed by atoms with van der Waals surface area (Å²) in [6.07, 6.45) is 0.0576. The van der Waals surface area contributed by atoms with E-state index in [0.717, 1.165) is 16.3 Å². The van der Waals surface area contributed by atoms with Crippen LogP contribution in [0.2, 0.25) is 0 Å². The molecule has 0 aliphatic heterocycles. The molecule has 3 rings (SSSR count). The molecule has 0 aliphatic carbocycles. The van der Waals surface area contributed by atoms with Gasteiger partial charge in [0, 0.05) is 10.9 Å². The molecule has 0 spiro atoms. The zero-order valence-electron chi connectivity index (χ0n) is 18.6. The topological polar surface area (TPSA) is 89.5 Å². The van der Waals surface area contributed by atoms with Gasteiger partial charge in [-0.1, -0.05) is 32.9 Å². The largest absolute Gasteiger partial charge is 0.497 e. The maximum Gasteiger partial charge on any atom is 0.276 e. The molecule has 1 heterocycles. The van der Waals surface area contributed by atoms with E-state index in [1.54, 1.807) is 7.11 Å². The molecule has 0 saturated heterocycles. The molecular weight excluding hydrogens is 426 g/mol. The van der Waals surface area contributed by atoms with E-state index in [2.05, 4.69) is 36.6 Å². The second kappa shape index (κ2) is 10.3. The predicted octanol–water partition coefficient (Wildman–Crippen LogP) is 3.89. The molecule has 32 heavy (non-hydrogen) atoms. The Labute approximate surface area is 191 Å². The first-order valence-electron chi connectivity index (χ1n) is 10.1. The van der Waals surface area contributed by atoms with Crippen molar-refractivity contribution in [1.82, 2.24) is 15.8 Å². The lowest BCUT2D eigenvalue weighted by Gasteiger charge is -2.19. The van der Waals surface area contributed by atoms with E-state index in [4.69, 9.17) is 9.47 Å². The Balaban J connectivity index is 1.42. The number of hydrogen-bond donors (Lipinski definition) is 2. The van der Waals surface area contributed by atoms with Crippen LogP contribution in [0.3, 0.4) is 0 Å². The summed E-state index contributed by atoms with van der Waals surface area (Å²) in [5, 5.41) is 2.64. The van der Waals surface area contributed by atoms with Gasteiger partial charge in [-0.15, -0.1) is 11.3 Å². The molecule has 2 N–H and O–H groups in total. The van der Waals surface area contributed by atoms with E-state index in [9.17, 15) is 9.59 Å². The van der Waals surface area contributed by atoms with Gasteiger partial charge in [-0.25, -0.2) is 4.98 Å². The molecule has 8 heteroatoms. The first kappa shape index (κ1) is 23.3. The highest BCUT2D eigenvalue weighted by molar-refractivity contribution is 7.13. The minimum atomic E-state index is -0.449. The number of hydrazine groups is 1. The van der Waals surface area contributed by atoms with Crippen LogP contribution in [0, 0.1) is 0 Å². The molecule has 1 aromatic heterocycles. The molecule has 0 bridgehead atoms. The lowest BCUT2D eigenvalue weighted by Crippen LogP contribution is -2.44.